The maximum absolute atomic E-state index is 10.3. The minimum Gasteiger partial charge on any atom is -0.457 e. The molecule has 10 atom stereocenters. The molecule has 12 nitrogen and oxygen atoms in total. The third-order valence-corrected chi connectivity index (χ3v) is 4.93. The number of hydrogen-bond acceptors (Lipinski definition) is 11. The molecule has 2 heterocycles. The monoisotopic (exact) mass is 366 g/mol. The number of aliphatic hydroxyl groups excluding tert-OH is 7. The van der Waals surface area contributed by atoms with Crippen molar-refractivity contribution in [3.63, 3.8) is 0 Å². The molecule has 0 bridgehead atoms. The van der Waals surface area contributed by atoms with Crippen LogP contribution in [0.5, 0.6) is 0 Å². The van der Waals surface area contributed by atoms with Crippen LogP contribution in [0.1, 0.15) is 0 Å². The minimum absolute atomic E-state index is 0.267. The fourth-order valence-corrected chi connectivity index (χ4v) is 3.35. The van der Waals surface area contributed by atoms with Gasteiger partial charge >= 0.3 is 0 Å². The predicted octanol–water partition coefficient (Wildman–Crippen LogP) is -6.04. The molecule has 2 saturated heterocycles. The van der Waals surface area contributed by atoms with Gasteiger partial charge in [-0.25, -0.2) is 4.99 Å². The van der Waals surface area contributed by atoms with Crippen molar-refractivity contribution in [3.8, 4) is 0 Å². The van der Waals surface area contributed by atoms with Crippen LogP contribution in [0.15, 0.2) is 4.99 Å². The summed E-state index contributed by atoms with van der Waals surface area (Å²) in [4.78, 5) is 3.88. The largest absolute Gasteiger partial charge is 0.457 e. The molecule has 1 aliphatic carbocycles. The molecule has 2 aliphatic heterocycles. The first-order valence-corrected chi connectivity index (χ1v) is 7.75. The van der Waals surface area contributed by atoms with Crippen molar-refractivity contribution in [1.82, 2.24) is 5.32 Å². The van der Waals surface area contributed by atoms with Gasteiger partial charge in [0.05, 0.1) is 13.2 Å². The van der Waals surface area contributed by atoms with Crippen LogP contribution < -0.4 is 5.32 Å². The van der Waals surface area contributed by atoms with Gasteiger partial charge in [-0.2, -0.15) is 0 Å². The minimum atomic E-state index is -2.07. The zero-order chi connectivity index (χ0) is 18.5. The Labute approximate surface area is 141 Å². The van der Waals surface area contributed by atoms with E-state index in [0.717, 1.165) is 0 Å². The average Bonchev–Trinajstić information content (AvgIpc) is 3.10. The van der Waals surface area contributed by atoms with E-state index >= 15 is 0 Å². The van der Waals surface area contributed by atoms with E-state index in [-0.39, 0.29) is 6.02 Å². The quantitative estimate of drug-likeness (QED) is 0.230. The fourth-order valence-electron chi connectivity index (χ4n) is 3.35. The van der Waals surface area contributed by atoms with Gasteiger partial charge in [0.2, 0.25) is 0 Å². The summed E-state index contributed by atoms with van der Waals surface area (Å²) in [5.74, 6) is 0. The van der Waals surface area contributed by atoms with E-state index in [2.05, 4.69) is 10.3 Å². The van der Waals surface area contributed by atoms with Crippen LogP contribution in [0.3, 0.4) is 0 Å². The number of nitrogens with one attached hydrogen (secondary N) is 1. The third-order valence-electron chi connectivity index (χ3n) is 4.93. The molecule has 3 fully saturated rings. The van der Waals surface area contributed by atoms with E-state index in [4.69, 9.17) is 14.6 Å². The maximum Gasteiger partial charge on any atom is 0.288 e. The Morgan fingerprint density at radius 1 is 1.00 bits per heavy atom. The first kappa shape index (κ1) is 18.7. The topological polar surface area (TPSA) is 205 Å². The van der Waals surface area contributed by atoms with Gasteiger partial charge in [-0.3, -0.25) is 0 Å². The van der Waals surface area contributed by atoms with E-state index < -0.39 is 73.8 Å². The van der Waals surface area contributed by atoms with Crippen LogP contribution in [-0.4, -0.2) is 121 Å². The van der Waals surface area contributed by atoms with Crippen LogP contribution in [0.2, 0.25) is 0 Å². The van der Waals surface area contributed by atoms with Gasteiger partial charge in [-0.15, -0.1) is 0 Å². The van der Waals surface area contributed by atoms with Gasteiger partial charge < -0.3 is 55.6 Å². The van der Waals surface area contributed by atoms with E-state index in [0.29, 0.717) is 0 Å². The first-order chi connectivity index (χ1) is 11.7. The van der Waals surface area contributed by atoms with Gasteiger partial charge in [0.15, 0.2) is 12.3 Å². The van der Waals surface area contributed by atoms with Gasteiger partial charge in [-0.05, 0) is 0 Å². The Kier molecular flexibility index (Phi) is 4.91. The molecule has 0 aromatic carbocycles. The lowest BCUT2D eigenvalue weighted by Gasteiger charge is -2.38. The number of ether oxygens (including phenoxy) is 2. The van der Waals surface area contributed by atoms with Gasteiger partial charge in [0.1, 0.15) is 48.3 Å². The fraction of sp³-hybridized carbons (Fsp3) is 0.923. The molecule has 0 amide bonds. The number of hydrogen-bond donors (Lipinski definition) is 9. The van der Waals surface area contributed by atoms with Crippen molar-refractivity contribution in [3.05, 3.63) is 0 Å². The Morgan fingerprint density at radius 2 is 1.68 bits per heavy atom. The molecule has 9 N–H and O–H groups in total. The second kappa shape index (κ2) is 6.57. The zero-order valence-corrected chi connectivity index (χ0v) is 13.0. The van der Waals surface area contributed by atoms with Crippen LogP contribution >= 0.6 is 0 Å². The van der Waals surface area contributed by atoms with E-state index in [1.54, 1.807) is 0 Å². The Balaban J connectivity index is 1.78. The van der Waals surface area contributed by atoms with Crippen molar-refractivity contribution in [2.75, 3.05) is 13.2 Å². The van der Waals surface area contributed by atoms with E-state index in [1.807, 2.05) is 0 Å². The van der Waals surface area contributed by atoms with Crippen LogP contribution in [0.4, 0.5) is 0 Å². The summed E-state index contributed by atoms with van der Waals surface area (Å²) in [6, 6.07) is -1.34. The molecule has 12 heteroatoms. The lowest BCUT2D eigenvalue weighted by atomic mass is 9.96. The Hall–Kier alpha value is -1.09. The van der Waals surface area contributed by atoms with Crippen LogP contribution in [0.25, 0.3) is 0 Å². The molecule has 1 saturated carbocycles. The Bertz CT molecular complexity index is 533. The third kappa shape index (κ3) is 2.79. The number of rotatable bonds is 3. The summed E-state index contributed by atoms with van der Waals surface area (Å²) < 4.78 is 10.5. The van der Waals surface area contributed by atoms with E-state index in [9.17, 15) is 35.7 Å². The molecule has 3 rings (SSSR count). The molecule has 0 radical (unpaired) electrons. The summed E-state index contributed by atoms with van der Waals surface area (Å²) >= 11 is 0. The lowest BCUT2D eigenvalue weighted by molar-refractivity contribution is -0.227. The van der Waals surface area contributed by atoms with Gasteiger partial charge in [0, 0.05) is 0 Å². The molecule has 0 aromatic rings. The van der Waals surface area contributed by atoms with Crippen LogP contribution in [0, 0.1) is 0 Å². The zero-order valence-electron chi connectivity index (χ0n) is 13.0. The van der Waals surface area contributed by atoms with Gasteiger partial charge in [-0.1, -0.05) is 0 Å². The highest BCUT2D eigenvalue weighted by atomic mass is 16.6. The molecule has 0 aromatic heterocycles. The molecule has 144 valence electrons. The van der Waals surface area contributed by atoms with Gasteiger partial charge in [0.25, 0.3) is 6.02 Å². The summed E-state index contributed by atoms with van der Waals surface area (Å²) in [5.41, 5.74) is -2.07. The molecule has 3 aliphatic rings. The second-order valence-corrected chi connectivity index (χ2v) is 6.44. The summed E-state index contributed by atoms with van der Waals surface area (Å²) in [6.07, 6.45) is -11.6. The summed E-state index contributed by atoms with van der Waals surface area (Å²) in [6.45, 7) is -1.48. The molecule has 0 unspecified atom stereocenters. The second-order valence-electron chi connectivity index (χ2n) is 6.44. The summed E-state index contributed by atoms with van der Waals surface area (Å²) in [7, 11) is 0. The normalized spacial score (nSPS) is 54.2. The predicted molar refractivity (Wildman–Crippen MR) is 77.0 cm³/mol. The SMILES string of the molecule is OC[C@H]1O[C@H](/N=C2/N[C@@H]3[C@H](O2)[C@H](O)[C@H](O)[C@]3(O)CO)[C@H](O)[C@@H](O)[C@@H]1O. The highest BCUT2D eigenvalue weighted by molar-refractivity contribution is 5.77. The molecular formula is C13H22N2O10. The smallest absolute Gasteiger partial charge is 0.288 e. The van der Waals surface area contributed by atoms with Crippen molar-refractivity contribution in [2.24, 2.45) is 4.99 Å². The number of aliphatic imine (C=N–C) groups is 1. The van der Waals surface area contributed by atoms with E-state index in [1.165, 1.54) is 0 Å². The van der Waals surface area contributed by atoms with Crippen molar-refractivity contribution < 1.29 is 50.3 Å². The number of amidine groups is 1. The maximum atomic E-state index is 10.3. The highest BCUT2D eigenvalue weighted by Gasteiger charge is 2.64. The summed E-state index contributed by atoms with van der Waals surface area (Å²) in [5, 5.41) is 80.5. The number of fused-ring (bicyclic) bond motifs is 1. The standard InChI is InChI=1S/C13H22N2O10/c16-1-3-4(18)5(19)6(20)11(24-3)15-12-14-9-8(25-12)7(21)10(22)13(9,23)2-17/h3-11,16-23H,1-2H2,(H,14,15)/t3-,4-,5+,6-,7+,8-,9-,10+,11+,13+/m1/s1. The molecular weight excluding hydrogens is 344 g/mol. The molecule has 25 heavy (non-hydrogen) atoms. The molecule has 0 spiro atoms. The highest BCUT2D eigenvalue weighted by Crippen LogP contribution is 2.36. The first-order valence-electron chi connectivity index (χ1n) is 7.75. The average molecular weight is 366 g/mol. The van der Waals surface area contributed by atoms with Crippen LogP contribution in [-0.2, 0) is 9.47 Å². The van der Waals surface area contributed by atoms with Crippen molar-refractivity contribution in [2.45, 2.75) is 60.6 Å². The Morgan fingerprint density at radius 3 is 2.28 bits per heavy atom. The number of aliphatic hydroxyl groups is 8. The van der Waals surface area contributed by atoms with Crippen molar-refractivity contribution >= 4 is 6.02 Å². The van der Waals surface area contributed by atoms with Crippen molar-refractivity contribution in [1.29, 1.82) is 0 Å². The lowest BCUT2D eigenvalue weighted by Crippen LogP contribution is -2.58. The number of nitrogens with zero attached hydrogens (tertiary/aromatic N) is 1.